The van der Waals surface area contributed by atoms with E-state index >= 15 is 0 Å². The fourth-order valence-electron chi connectivity index (χ4n) is 2.35. The molecule has 1 saturated heterocycles. The van der Waals surface area contributed by atoms with E-state index in [1.165, 1.54) is 0 Å². The minimum Gasteiger partial charge on any atom is -0.396 e. The lowest BCUT2D eigenvalue weighted by Crippen LogP contribution is -2.48. The average molecular weight is 228 g/mol. The largest absolute Gasteiger partial charge is 0.396 e. The Kier molecular flexibility index (Phi) is 5.77. The molecule has 16 heavy (non-hydrogen) atoms. The van der Waals surface area contributed by atoms with E-state index in [4.69, 9.17) is 10.8 Å². The molecule has 1 aliphatic rings. The molecule has 4 nitrogen and oxygen atoms in total. The van der Waals surface area contributed by atoms with Crippen LogP contribution in [0.3, 0.4) is 0 Å². The zero-order valence-corrected chi connectivity index (χ0v) is 10.2. The number of carbonyl (C=O) groups excluding carboxylic acids is 1. The van der Waals surface area contributed by atoms with Gasteiger partial charge in [-0.05, 0) is 31.6 Å². The van der Waals surface area contributed by atoms with Gasteiger partial charge in [0.1, 0.15) is 0 Å². The normalized spacial score (nSPS) is 23.2. The van der Waals surface area contributed by atoms with Crippen molar-refractivity contribution in [1.29, 1.82) is 0 Å². The molecule has 1 rings (SSSR count). The summed E-state index contributed by atoms with van der Waals surface area (Å²) < 4.78 is 0. The fourth-order valence-corrected chi connectivity index (χ4v) is 2.35. The molecule has 0 aliphatic carbocycles. The van der Waals surface area contributed by atoms with Gasteiger partial charge >= 0.3 is 0 Å². The third kappa shape index (κ3) is 3.76. The van der Waals surface area contributed by atoms with Crippen molar-refractivity contribution in [2.24, 2.45) is 11.7 Å². The highest BCUT2D eigenvalue weighted by atomic mass is 16.3. The zero-order valence-electron chi connectivity index (χ0n) is 10.2. The van der Waals surface area contributed by atoms with Crippen LogP contribution in [0, 0.1) is 5.92 Å². The Morgan fingerprint density at radius 1 is 1.62 bits per heavy atom. The molecule has 1 heterocycles. The molecular formula is C12H24N2O2. The monoisotopic (exact) mass is 228 g/mol. The van der Waals surface area contributed by atoms with Crippen LogP contribution in [0.5, 0.6) is 0 Å². The number of rotatable bonds is 5. The quantitative estimate of drug-likeness (QED) is 0.729. The summed E-state index contributed by atoms with van der Waals surface area (Å²) >= 11 is 0. The van der Waals surface area contributed by atoms with Crippen molar-refractivity contribution in [3.05, 3.63) is 0 Å². The van der Waals surface area contributed by atoms with Crippen LogP contribution < -0.4 is 5.73 Å². The number of amides is 1. The van der Waals surface area contributed by atoms with E-state index in [0.717, 1.165) is 45.2 Å². The summed E-state index contributed by atoms with van der Waals surface area (Å²) in [7, 11) is 0. The van der Waals surface area contributed by atoms with Gasteiger partial charge in [-0.25, -0.2) is 0 Å². The van der Waals surface area contributed by atoms with Gasteiger partial charge in [0.05, 0.1) is 6.04 Å². The molecule has 0 aromatic rings. The first-order valence-electron chi connectivity index (χ1n) is 6.34. The van der Waals surface area contributed by atoms with Gasteiger partial charge in [-0.1, -0.05) is 13.3 Å². The minimum atomic E-state index is -0.335. The third-order valence-corrected chi connectivity index (χ3v) is 3.28. The number of hydrogen-bond donors (Lipinski definition) is 2. The summed E-state index contributed by atoms with van der Waals surface area (Å²) in [6, 6.07) is -0.335. The molecule has 94 valence electrons. The number of hydrogen-bond acceptors (Lipinski definition) is 3. The molecule has 0 saturated carbocycles. The SMILES string of the molecule is CCC[C@H](N)C(=O)N1CCCC(CCO)C1. The predicted molar refractivity (Wildman–Crippen MR) is 63.9 cm³/mol. The second-order valence-electron chi connectivity index (χ2n) is 4.70. The summed E-state index contributed by atoms with van der Waals surface area (Å²) in [5, 5.41) is 8.91. The summed E-state index contributed by atoms with van der Waals surface area (Å²) in [6.07, 6.45) is 4.66. The van der Waals surface area contributed by atoms with Crippen molar-refractivity contribution in [2.45, 2.75) is 45.1 Å². The van der Waals surface area contributed by atoms with Crippen LogP contribution in [0.2, 0.25) is 0 Å². The number of nitrogens with two attached hydrogens (primary N) is 1. The van der Waals surface area contributed by atoms with Crippen molar-refractivity contribution in [2.75, 3.05) is 19.7 Å². The number of nitrogens with zero attached hydrogens (tertiary/aromatic N) is 1. The van der Waals surface area contributed by atoms with Crippen LogP contribution >= 0.6 is 0 Å². The summed E-state index contributed by atoms with van der Waals surface area (Å²) in [5.41, 5.74) is 5.84. The maximum Gasteiger partial charge on any atom is 0.239 e. The van der Waals surface area contributed by atoms with Gasteiger partial charge in [0.25, 0.3) is 0 Å². The first-order valence-corrected chi connectivity index (χ1v) is 6.34. The fraction of sp³-hybridized carbons (Fsp3) is 0.917. The second-order valence-corrected chi connectivity index (χ2v) is 4.70. The zero-order chi connectivity index (χ0) is 12.0. The van der Waals surface area contributed by atoms with Crippen LogP contribution in [0.1, 0.15) is 39.0 Å². The Balaban J connectivity index is 2.43. The van der Waals surface area contributed by atoms with Crippen LogP contribution in [0.15, 0.2) is 0 Å². The van der Waals surface area contributed by atoms with Crippen molar-refractivity contribution < 1.29 is 9.90 Å². The van der Waals surface area contributed by atoms with Gasteiger partial charge in [-0.15, -0.1) is 0 Å². The molecule has 1 amide bonds. The molecule has 0 aromatic carbocycles. The Morgan fingerprint density at radius 3 is 3.00 bits per heavy atom. The topological polar surface area (TPSA) is 66.6 Å². The van der Waals surface area contributed by atoms with E-state index in [1.807, 2.05) is 11.8 Å². The first-order chi connectivity index (χ1) is 7.69. The highest BCUT2D eigenvalue weighted by molar-refractivity contribution is 5.81. The van der Waals surface area contributed by atoms with E-state index in [1.54, 1.807) is 0 Å². The van der Waals surface area contributed by atoms with Crippen LogP contribution in [0.25, 0.3) is 0 Å². The van der Waals surface area contributed by atoms with E-state index in [-0.39, 0.29) is 18.6 Å². The van der Waals surface area contributed by atoms with Gasteiger partial charge in [0.2, 0.25) is 5.91 Å². The first kappa shape index (κ1) is 13.5. The van der Waals surface area contributed by atoms with Crippen LogP contribution in [0.4, 0.5) is 0 Å². The molecule has 0 radical (unpaired) electrons. The van der Waals surface area contributed by atoms with Gasteiger partial charge in [-0.3, -0.25) is 4.79 Å². The smallest absolute Gasteiger partial charge is 0.239 e. The van der Waals surface area contributed by atoms with E-state index in [0.29, 0.717) is 5.92 Å². The molecule has 3 N–H and O–H groups in total. The van der Waals surface area contributed by atoms with Crippen LogP contribution in [-0.2, 0) is 4.79 Å². The number of aliphatic hydroxyl groups is 1. The average Bonchev–Trinajstić information content (AvgIpc) is 2.29. The lowest BCUT2D eigenvalue weighted by atomic mass is 9.94. The number of likely N-dealkylation sites (tertiary alicyclic amines) is 1. The number of aliphatic hydroxyl groups excluding tert-OH is 1. The number of piperidine rings is 1. The Hall–Kier alpha value is -0.610. The summed E-state index contributed by atoms with van der Waals surface area (Å²) in [6.45, 7) is 3.86. The molecule has 0 aromatic heterocycles. The standard InChI is InChI=1S/C12H24N2O2/c1-2-4-11(13)12(16)14-7-3-5-10(9-14)6-8-15/h10-11,15H,2-9,13H2,1H3/t10?,11-/m0/s1. The molecule has 0 spiro atoms. The minimum absolute atomic E-state index is 0.0875. The molecular weight excluding hydrogens is 204 g/mol. The van der Waals surface area contributed by atoms with E-state index in [2.05, 4.69) is 0 Å². The van der Waals surface area contributed by atoms with Gasteiger partial charge in [0.15, 0.2) is 0 Å². The number of carbonyl (C=O) groups is 1. The molecule has 1 unspecified atom stereocenters. The Morgan fingerprint density at radius 2 is 2.38 bits per heavy atom. The van der Waals surface area contributed by atoms with Crippen molar-refractivity contribution in [1.82, 2.24) is 4.90 Å². The lowest BCUT2D eigenvalue weighted by molar-refractivity contribution is -0.134. The van der Waals surface area contributed by atoms with Gasteiger partial charge in [0, 0.05) is 19.7 Å². The van der Waals surface area contributed by atoms with Crippen molar-refractivity contribution >= 4 is 5.91 Å². The molecule has 2 atom stereocenters. The summed E-state index contributed by atoms with van der Waals surface area (Å²) in [5.74, 6) is 0.543. The molecule has 4 heteroatoms. The Labute approximate surface area is 97.8 Å². The van der Waals surface area contributed by atoms with Crippen molar-refractivity contribution in [3.8, 4) is 0 Å². The second kappa shape index (κ2) is 6.86. The van der Waals surface area contributed by atoms with Gasteiger partial charge < -0.3 is 15.7 Å². The van der Waals surface area contributed by atoms with Crippen LogP contribution in [-0.4, -0.2) is 41.7 Å². The Bertz CT molecular complexity index is 219. The summed E-state index contributed by atoms with van der Waals surface area (Å²) in [4.78, 5) is 13.9. The van der Waals surface area contributed by atoms with E-state index in [9.17, 15) is 4.79 Å². The highest BCUT2D eigenvalue weighted by Crippen LogP contribution is 2.20. The lowest BCUT2D eigenvalue weighted by Gasteiger charge is -2.34. The molecule has 1 aliphatic heterocycles. The van der Waals surface area contributed by atoms with Gasteiger partial charge in [-0.2, -0.15) is 0 Å². The predicted octanol–water partition coefficient (Wildman–Crippen LogP) is 0.735. The maximum absolute atomic E-state index is 12.0. The molecule has 1 fully saturated rings. The van der Waals surface area contributed by atoms with E-state index < -0.39 is 0 Å². The highest BCUT2D eigenvalue weighted by Gasteiger charge is 2.26. The third-order valence-electron chi connectivity index (χ3n) is 3.28. The van der Waals surface area contributed by atoms with Crippen molar-refractivity contribution in [3.63, 3.8) is 0 Å². The maximum atomic E-state index is 12.0. The molecule has 0 bridgehead atoms.